The number of nitrogens with one attached hydrogen (secondary N) is 1. The highest BCUT2D eigenvalue weighted by Crippen LogP contribution is 2.21. The smallest absolute Gasteiger partial charge is 0.133 e. The predicted octanol–water partition coefficient (Wildman–Crippen LogP) is 4.23. The first kappa shape index (κ1) is 13.5. The van der Waals surface area contributed by atoms with Crippen molar-refractivity contribution >= 4 is 12.2 Å². The number of nitrogens with zero attached hydrogens (tertiary/aromatic N) is 1. The van der Waals surface area contributed by atoms with Crippen molar-refractivity contribution < 1.29 is 0 Å². The van der Waals surface area contributed by atoms with Gasteiger partial charge < -0.3 is 4.98 Å². The van der Waals surface area contributed by atoms with E-state index in [4.69, 9.17) is 12.2 Å². The summed E-state index contributed by atoms with van der Waals surface area (Å²) in [5.74, 6) is 1.00. The van der Waals surface area contributed by atoms with Crippen molar-refractivity contribution in [2.45, 2.75) is 46.0 Å². The number of hydrogen-bond acceptors (Lipinski definition) is 2. The van der Waals surface area contributed by atoms with Crippen LogP contribution in [0.15, 0.2) is 18.2 Å². The van der Waals surface area contributed by atoms with E-state index in [0.29, 0.717) is 0 Å². The van der Waals surface area contributed by atoms with Crippen molar-refractivity contribution in [1.82, 2.24) is 9.97 Å². The van der Waals surface area contributed by atoms with Gasteiger partial charge in [0.25, 0.3) is 0 Å². The molecule has 3 heteroatoms. The van der Waals surface area contributed by atoms with Crippen molar-refractivity contribution in [2.24, 2.45) is 0 Å². The first-order valence-electron chi connectivity index (χ1n) is 7.30. The number of H-pyrrole nitrogens is 1. The van der Waals surface area contributed by atoms with Crippen LogP contribution in [0.4, 0.5) is 0 Å². The Bertz CT molecular complexity index is 680. The van der Waals surface area contributed by atoms with Crippen LogP contribution in [0, 0.1) is 18.5 Å². The zero-order valence-corrected chi connectivity index (χ0v) is 12.9. The lowest BCUT2D eigenvalue weighted by molar-refractivity contribution is 0.653. The van der Waals surface area contributed by atoms with Crippen molar-refractivity contribution in [2.75, 3.05) is 0 Å². The van der Waals surface area contributed by atoms with Gasteiger partial charge in [0.1, 0.15) is 10.5 Å². The molecule has 3 rings (SSSR count). The van der Waals surface area contributed by atoms with E-state index in [1.165, 1.54) is 40.8 Å². The van der Waals surface area contributed by atoms with E-state index < -0.39 is 0 Å². The molecule has 20 heavy (non-hydrogen) atoms. The summed E-state index contributed by atoms with van der Waals surface area (Å²) in [6.45, 7) is 4.28. The Hall–Kier alpha value is -1.48. The van der Waals surface area contributed by atoms with Crippen LogP contribution >= 0.6 is 12.2 Å². The van der Waals surface area contributed by atoms with Crippen LogP contribution in [0.1, 0.15) is 46.6 Å². The average molecular weight is 284 g/mol. The van der Waals surface area contributed by atoms with Gasteiger partial charge in [0.15, 0.2) is 0 Å². The summed E-state index contributed by atoms with van der Waals surface area (Å²) in [4.78, 5) is 8.12. The fourth-order valence-corrected chi connectivity index (χ4v) is 3.46. The highest BCUT2D eigenvalue weighted by Gasteiger charge is 2.13. The van der Waals surface area contributed by atoms with Gasteiger partial charge in [-0.25, -0.2) is 4.98 Å². The van der Waals surface area contributed by atoms with E-state index in [1.807, 2.05) is 0 Å². The highest BCUT2D eigenvalue weighted by molar-refractivity contribution is 7.71. The SMILES string of the molecule is Cc1cc(C)cc(Cc2nc(=S)c3c([nH]2)CCCC3)c1. The molecule has 1 heterocycles. The van der Waals surface area contributed by atoms with Gasteiger partial charge in [0.2, 0.25) is 0 Å². The van der Waals surface area contributed by atoms with Gasteiger partial charge in [0, 0.05) is 17.7 Å². The number of aromatic amines is 1. The summed E-state index contributed by atoms with van der Waals surface area (Å²) >= 11 is 5.46. The lowest BCUT2D eigenvalue weighted by Gasteiger charge is -2.16. The summed E-state index contributed by atoms with van der Waals surface area (Å²) < 4.78 is 0.804. The lowest BCUT2D eigenvalue weighted by Crippen LogP contribution is -2.10. The topological polar surface area (TPSA) is 28.7 Å². The Morgan fingerprint density at radius 1 is 1.10 bits per heavy atom. The maximum atomic E-state index is 5.46. The number of aryl methyl sites for hydroxylation is 3. The van der Waals surface area contributed by atoms with Crippen LogP contribution in [0.2, 0.25) is 0 Å². The zero-order valence-electron chi connectivity index (χ0n) is 12.1. The molecule has 2 aromatic rings. The molecule has 1 aliphatic carbocycles. The van der Waals surface area contributed by atoms with Crippen LogP contribution in [0.3, 0.4) is 0 Å². The van der Waals surface area contributed by atoms with E-state index in [-0.39, 0.29) is 0 Å². The number of rotatable bonds is 2. The summed E-state index contributed by atoms with van der Waals surface area (Å²) in [7, 11) is 0. The Morgan fingerprint density at radius 3 is 2.55 bits per heavy atom. The molecule has 0 spiro atoms. The van der Waals surface area contributed by atoms with Crippen molar-refractivity contribution in [1.29, 1.82) is 0 Å². The molecule has 0 aliphatic heterocycles. The molecule has 0 bridgehead atoms. The Kier molecular flexibility index (Phi) is 3.70. The van der Waals surface area contributed by atoms with Gasteiger partial charge in [-0.2, -0.15) is 0 Å². The fourth-order valence-electron chi connectivity index (χ4n) is 3.12. The fraction of sp³-hybridized carbons (Fsp3) is 0.412. The molecule has 0 saturated carbocycles. The third-order valence-corrected chi connectivity index (χ3v) is 4.25. The Labute approximate surface area is 125 Å². The third-order valence-electron chi connectivity index (χ3n) is 3.91. The number of benzene rings is 1. The van der Waals surface area contributed by atoms with E-state index >= 15 is 0 Å². The van der Waals surface area contributed by atoms with Crippen molar-refractivity contribution in [3.63, 3.8) is 0 Å². The lowest BCUT2D eigenvalue weighted by atomic mass is 9.97. The van der Waals surface area contributed by atoms with E-state index in [0.717, 1.165) is 29.7 Å². The Balaban J connectivity index is 1.95. The minimum Gasteiger partial charge on any atom is -0.347 e. The average Bonchev–Trinajstić information content (AvgIpc) is 2.37. The van der Waals surface area contributed by atoms with Crippen LogP contribution in [0.25, 0.3) is 0 Å². The number of fused-ring (bicyclic) bond motifs is 1. The highest BCUT2D eigenvalue weighted by atomic mass is 32.1. The largest absolute Gasteiger partial charge is 0.347 e. The van der Waals surface area contributed by atoms with Gasteiger partial charge in [-0.15, -0.1) is 0 Å². The standard InChI is InChI=1S/C17H20N2S/c1-11-7-12(2)9-13(8-11)10-16-18-15-6-4-3-5-14(15)17(20)19-16/h7-9H,3-6,10H2,1-2H3,(H,18,19,20). The maximum Gasteiger partial charge on any atom is 0.133 e. The molecule has 1 aliphatic rings. The zero-order chi connectivity index (χ0) is 14.1. The second kappa shape index (κ2) is 5.49. The predicted molar refractivity (Wildman–Crippen MR) is 84.8 cm³/mol. The van der Waals surface area contributed by atoms with Gasteiger partial charge >= 0.3 is 0 Å². The van der Waals surface area contributed by atoms with Gasteiger partial charge in [0.05, 0.1) is 0 Å². The summed E-state index contributed by atoms with van der Waals surface area (Å²) in [6.07, 6.45) is 5.52. The second-order valence-corrected chi connectivity index (χ2v) is 6.21. The molecule has 0 fully saturated rings. The molecule has 104 valence electrons. The van der Waals surface area contributed by atoms with E-state index in [9.17, 15) is 0 Å². The maximum absolute atomic E-state index is 5.46. The summed E-state index contributed by atoms with van der Waals surface area (Å²) in [5, 5.41) is 0. The normalized spacial score (nSPS) is 14.1. The van der Waals surface area contributed by atoms with Crippen molar-refractivity contribution in [3.05, 3.63) is 56.6 Å². The molecule has 2 nitrogen and oxygen atoms in total. The van der Waals surface area contributed by atoms with Gasteiger partial charge in [-0.1, -0.05) is 41.5 Å². The van der Waals surface area contributed by atoms with Crippen LogP contribution in [-0.4, -0.2) is 9.97 Å². The first-order valence-corrected chi connectivity index (χ1v) is 7.71. The monoisotopic (exact) mass is 284 g/mol. The summed E-state index contributed by atoms with van der Waals surface area (Å²) in [6, 6.07) is 6.65. The van der Waals surface area contributed by atoms with Crippen molar-refractivity contribution in [3.8, 4) is 0 Å². The molecule has 0 radical (unpaired) electrons. The second-order valence-electron chi connectivity index (χ2n) is 5.83. The third kappa shape index (κ3) is 2.83. The Morgan fingerprint density at radius 2 is 1.80 bits per heavy atom. The summed E-state index contributed by atoms with van der Waals surface area (Å²) in [5.41, 5.74) is 6.50. The molecule has 0 atom stereocenters. The van der Waals surface area contributed by atoms with Crippen LogP contribution in [-0.2, 0) is 19.3 Å². The molecule has 0 unspecified atom stereocenters. The van der Waals surface area contributed by atoms with E-state index in [1.54, 1.807) is 0 Å². The minimum atomic E-state index is 0.804. The molecule has 0 amide bonds. The molecule has 1 N–H and O–H groups in total. The van der Waals surface area contributed by atoms with Crippen LogP contribution in [0.5, 0.6) is 0 Å². The first-order chi connectivity index (χ1) is 9.61. The molecule has 0 saturated heterocycles. The number of aromatic nitrogens is 2. The van der Waals surface area contributed by atoms with Crippen LogP contribution < -0.4 is 0 Å². The number of hydrogen-bond donors (Lipinski definition) is 1. The van der Waals surface area contributed by atoms with Gasteiger partial charge in [-0.3, -0.25) is 0 Å². The molecular formula is C17H20N2S. The minimum absolute atomic E-state index is 0.804. The quantitative estimate of drug-likeness (QED) is 0.836. The van der Waals surface area contributed by atoms with Gasteiger partial charge in [-0.05, 0) is 45.1 Å². The molecule has 1 aromatic heterocycles. The molecule has 1 aromatic carbocycles. The molecular weight excluding hydrogens is 264 g/mol. The van der Waals surface area contributed by atoms with E-state index in [2.05, 4.69) is 42.0 Å².